The Morgan fingerprint density at radius 3 is 2.66 bits per heavy atom. The van der Waals surface area contributed by atoms with E-state index < -0.39 is 17.7 Å². The Hall–Kier alpha value is -3.82. The van der Waals surface area contributed by atoms with E-state index in [4.69, 9.17) is 15.2 Å². The van der Waals surface area contributed by atoms with Crippen molar-refractivity contribution >= 4 is 17.7 Å². The van der Waals surface area contributed by atoms with E-state index in [1.54, 1.807) is 12.1 Å². The highest BCUT2D eigenvalue weighted by Gasteiger charge is 2.38. The van der Waals surface area contributed by atoms with Crippen LogP contribution in [0.15, 0.2) is 58.1 Å². The molecule has 0 saturated carbocycles. The Labute approximate surface area is 189 Å². The van der Waals surface area contributed by atoms with Gasteiger partial charge in [-0.2, -0.15) is 10.5 Å². The summed E-state index contributed by atoms with van der Waals surface area (Å²) in [6.45, 7) is 3.62. The van der Waals surface area contributed by atoms with E-state index in [1.807, 2.05) is 19.9 Å². The SMILES string of the molecule is COC(=O)C1=C(CSc2nc(C)cc(C)c2C#N)OC(N)=C(C#N)[C@@H]1c1ccccc1F. The van der Waals surface area contributed by atoms with Crippen molar-refractivity contribution < 1.29 is 18.7 Å². The smallest absolute Gasteiger partial charge is 0.338 e. The van der Waals surface area contributed by atoms with Crippen LogP contribution in [0.1, 0.15) is 28.3 Å². The fourth-order valence-electron chi connectivity index (χ4n) is 3.46. The summed E-state index contributed by atoms with van der Waals surface area (Å²) < 4.78 is 25.2. The van der Waals surface area contributed by atoms with E-state index in [1.165, 1.54) is 37.1 Å². The highest BCUT2D eigenvalue weighted by atomic mass is 32.2. The van der Waals surface area contributed by atoms with E-state index in [-0.39, 0.29) is 34.1 Å². The molecular formula is C23H19FN4O3S. The third-order valence-electron chi connectivity index (χ3n) is 4.88. The Morgan fingerprint density at radius 1 is 1.31 bits per heavy atom. The van der Waals surface area contributed by atoms with Gasteiger partial charge in [0.25, 0.3) is 0 Å². The lowest BCUT2D eigenvalue weighted by Gasteiger charge is -2.28. The monoisotopic (exact) mass is 450 g/mol. The molecule has 0 saturated heterocycles. The van der Waals surface area contributed by atoms with Crippen LogP contribution in [0.4, 0.5) is 4.39 Å². The number of carbonyl (C=O) groups is 1. The number of benzene rings is 1. The summed E-state index contributed by atoms with van der Waals surface area (Å²) in [4.78, 5) is 17.2. The molecule has 1 aliphatic rings. The highest BCUT2D eigenvalue weighted by Crippen LogP contribution is 2.42. The second kappa shape index (κ2) is 9.54. The summed E-state index contributed by atoms with van der Waals surface area (Å²) in [6, 6.07) is 11.7. The number of methoxy groups -OCH3 is 1. The first kappa shape index (κ1) is 22.9. The van der Waals surface area contributed by atoms with Crippen LogP contribution in [0, 0.1) is 42.3 Å². The number of esters is 1. The third kappa shape index (κ3) is 4.29. The minimum absolute atomic E-state index is 0.0290. The quantitative estimate of drug-likeness (QED) is 0.540. The molecule has 1 aromatic heterocycles. The predicted molar refractivity (Wildman–Crippen MR) is 115 cm³/mol. The van der Waals surface area contributed by atoms with Crippen LogP contribution < -0.4 is 5.73 Å². The van der Waals surface area contributed by atoms with Crippen molar-refractivity contribution in [2.45, 2.75) is 24.8 Å². The standard InChI is InChI=1S/C23H19FN4O3S/c1-12-8-13(2)28-22(15(12)9-25)32-11-18-20(23(29)30-3)19(16(10-26)21(27)31-18)14-6-4-5-7-17(14)24/h4-8,19H,11,27H2,1-3H3/t19-/m0/s1. The van der Waals surface area contributed by atoms with Crippen LogP contribution in [-0.2, 0) is 14.3 Å². The fourth-order valence-corrected chi connectivity index (χ4v) is 4.50. The number of nitriles is 2. The van der Waals surface area contributed by atoms with Crippen LogP contribution in [0.25, 0.3) is 0 Å². The molecule has 3 rings (SSSR count). The number of hydrogen-bond acceptors (Lipinski definition) is 8. The minimum Gasteiger partial charge on any atom is -0.466 e. The van der Waals surface area contributed by atoms with Crippen molar-refractivity contribution in [3.05, 3.63) is 81.3 Å². The van der Waals surface area contributed by atoms with Crippen LogP contribution in [-0.4, -0.2) is 23.8 Å². The van der Waals surface area contributed by atoms with Gasteiger partial charge in [-0.15, -0.1) is 0 Å². The molecule has 1 aromatic carbocycles. The molecule has 0 spiro atoms. The number of pyridine rings is 1. The topological polar surface area (TPSA) is 122 Å². The second-order valence-corrected chi connectivity index (χ2v) is 7.90. The van der Waals surface area contributed by atoms with Gasteiger partial charge in [0.05, 0.1) is 29.9 Å². The zero-order valence-electron chi connectivity index (χ0n) is 17.6. The van der Waals surface area contributed by atoms with Gasteiger partial charge in [0.2, 0.25) is 5.88 Å². The van der Waals surface area contributed by atoms with Crippen LogP contribution in [0.2, 0.25) is 0 Å². The zero-order valence-corrected chi connectivity index (χ0v) is 18.4. The normalized spacial score (nSPS) is 15.6. The molecule has 0 unspecified atom stereocenters. The Balaban J connectivity index is 2.13. The third-order valence-corrected chi connectivity index (χ3v) is 5.86. The van der Waals surface area contributed by atoms with Gasteiger partial charge in [0, 0.05) is 11.3 Å². The summed E-state index contributed by atoms with van der Waals surface area (Å²) in [5.74, 6) is -2.53. The van der Waals surface area contributed by atoms with Gasteiger partial charge in [0.1, 0.15) is 34.3 Å². The number of aryl methyl sites for hydroxylation is 2. The highest BCUT2D eigenvalue weighted by molar-refractivity contribution is 7.99. The molecule has 32 heavy (non-hydrogen) atoms. The van der Waals surface area contributed by atoms with E-state index in [2.05, 4.69) is 11.1 Å². The maximum Gasteiger partial charge on any atom is 0.338 e. The average molecular weight is 450 g/mol. The van der Waals surface area contributed by atoms with E-state index in [9.17, 15) is 19.7 Å². The van der Waals surface area contributed by atoms with E-state index >= 15 is 0 Å². The van der Waals surface area contributed by atoms with Crippen molar-refractivity contribution in [3.8, 4) is 12.1 Å². The van der Waals surface area contributed by atoms with Gasteiger partial charge < -0.3 is 15.2 Å². The maximum atomic E-state index is 14.7. The molecule has 2 N–H and O–H groups in total. The van der Waals surface area contributed by atoms with Crippen molar-refractivity contribution in [2.24, 2.45) is 5.73 Å². The lowest BCUT2D eigenvalue weighted by atomic mass is 9.83. The van der Waals surface area contributed by atoms with Gasteiger partial charge in [0.15, 0.2) is 0 Å². The molecule has 0 radical (unpaired) electrons. The Morgan fingerprint density at radius 2 is 2.03 bits per heavy atom. The first-order valence-corrected chi connectivity index (χ1v) is 10.4. The number of rotatable bonds is 5. The molecule has 162 valence electrons. The molecular weight excluding hydrogens is 431 g/mol. The van der Waals surface area contributed by atoms with Gasteiger partial charge in [-0.3, -0.25) is 0 Å². The van der Waals surface area contributed by atoms with Crippen molar-refractivity contribution in [1.29, 1.82) is 10.5 Å². The first-order valence-electron chi connectivity index (χ1n) is 9.46. The largest absolute Gasteiger partial charge is 0.466 e. The molecule has 1 aliphatic heterocycles. The van der Waals surface area contributed by atoms with Crippen molar-refractivity contribution in [2.75, 3.05) is 12.9 Å². The number of thioether (sulfide) groups is 1. The number of carbonyl (C=O) groups excluding carboxylic acids is 1. The Kier molecular flexibility index (Phi) is 6.82. The predicted octanol–water partition coefficient (Wildman–Crippen LogP) is 3.74. The number of halogens is 1. The number of hydrogen-bond donors (Lipinski definition) is 1. The molecule has 2 aromatic rings. The minimum atomic E-state index is -1.10. The second-order valence-electron chi connectivity index (χ2n) is 6.94. The van der Waals surface area contributed by atoms with Gasteiger partial charge in [-0.1, -0.05) is 30.0 Å². The molecule has 9 heteroatoms. The van der Waals surface area contributed by atoms with Gasteiger partial charge in [-0.25, -0.2) is 14.2 Å². The van der Waals surface area contributed by atoms with Crippen LogP contribution >= 0.6 is 11.8 Å². The number of aromatic nitrogens is 1. The summed E-state index contributed by atoms with van der Waals surface area (Å²) in [5.41, 5.74) is 7.86. The fraction of sp³-hybridized carbons (Fsp3) is 0.217. The van der Waals surface area contributed by atoms with Crippen LogP contribution in [0.3, 0.4) is 0 Å². The van der Waals surface area contributed by atoms with Crippen molar-refractivity contribution in [3.63, 3.8) is 0 Å². The van der Waals surface area contributed by atoms with E-state index in [0.717, 1.165) is 11.3 Å². The number of allylic oxidation sites excluding steroid dienone is 1. The summed E-state index contributed by atoms with van der Waals surface area (Å²) in [6.07, 6.45) is 0. The molecule has 0 amide bonds. The van der Waals surface area contributed by atoms with E-state index in [0.29, 0.717) is 10.6 Å². The first-order chi connectivity index (χ1) is 15.3. The molecule has 7 nitrogen and oxygen atoms in total. The zero-order chi connectivity index (χ0) is 23.4. The molecule has 0 aliphatic carbocycles. The average Bonchev–Trinajstić information content (AvgIpc) is 2.76. The van der Waals surface area contributed by atoms with Gasteiger partial charge >= 0.3 is 5.97 Å². The Bertz CT molecular complexity index is 1240. The van der Waals surface area contributed by atoms with Crippen LogP contribution in [0.5, 0.6) is 0 Å². The molecule has 0 bridgehead atoms. The van der Waals surface area contributed by atoms with Gasteiger partial charge in [-0.05, 0) is 31.5 Å². The molecule has 0 fully saturated rings. The summed E-state index contributed by atoms with van der Waals surface area (Å²) in [5, 5.41) is 19.6. The maximum absolute atomic E-state index is 14.7. The number of nitrogens with zero attached hydrogens (tertiary/aromatic N) is 3. The number of nitrogens with two attached hydrogens (primary N) is 1. The number of ether oxygens (including phenoxy) is 2. The summed E-state index contributed by atoms with van der Waals surface area (Å²) >= 11 is 1.17. The summed E-state index contributed by atoms with van der Waals surface area (Å²) in [7, 11) is 1.19. The molecule has 1 atom stereocenters. The van der Waals surface area contributed by atoms with Crippen molar-refractivity contribution in [1.82, 2.24) is 4.98 Å². The lowest BCUT2D eigenvalue weighted by Crippen LogP contribution is -2.27. The molecule has 2 heterocycles. The lowest BCUT2D eigenvalue weighted by molar-refractivity contribution is -0.136.